The van der Waals surface area contributed by atoms with Crippen molar-refractivity contribution in [3.63, 3.8) is 0 Å². The van der Waals surface area contributed by atoms with Crippen LogP contribution in [0.25, 0.3) is 11.0 Å². The molecule has 2 heterocycles. The van der Waals surface area contributed by atoms with Crippen LogP contribution < -0.4 is 10.6 Å². The van der Waals surface area contributed by atoms with Crippen LogP contribution in [-0.4, -0.2) is 44.0 Å². The summed E-state index contributed by atoms with van der Waals surface area (Å²) in [5.74, 6) is 2.11. The molecule has 0 aliphatic heterocycles. The van der Waals surface area contributed by atoms with Gasteiger partial charge >= 0.3 is 0 Å². The maximum atomic E-state index is 12.3. The molecule has 2 aromatic heterocycles. The van der Waals surface area contributed by atoms with Crippen LogP contribution >= 0.6 is 11.8 Å². The number of hydrogen-bond donors (Lipinski definition) is 2. The van der Waals surface area contributed by atoms with Gasteiger partial charge in [0, 0.05) is 18.5 Å². The van der Waals surface area contributed by atoms with E-state index in [1.165, 1.54) is 19.3 Å². The zero-order valence-corrected chi connectivity index (χ0v) is 17.3. The Kier molecular flexibility index (Phi) is 6.93. The standard InChI is InChI=1S/C19H30N6OS/c1-4-27-19-23-16(22-13(2)3)15-12-21-25(17(15)24-19)11-10-20-18(26)14-8-6-5-7-9-14/h12-14H,4-11H2,1-3H3,(H,20,26)(H,22,23,24). The van der Waals surface area contributed by atoms with Crippen molar-refractivity contribution in [2.75, 3.05) is 17.6 Å². The highest BCUT2D eigenvalue weighted by atomic mass is 32.2. The number of thioether (sulfide) groups is 1. The van der Waals surface area contributed by atoms with E-state index in [1.54, 1.807) is 11.8 Å². The Hall–Kier alpha value is -1.83. The second-order valence-electron chi connectivity index (χ2n) is 7.32. The van der Waals surface area contributed by atoms with Crippen molar-refractivity contribution in [3.05, 3.63) is 6.20 Å². The highest BCUT2D eigenvalue weighted by molar-refractivity contribution is 7.99. The summed E-state index contributed by atoms with van der Waals surface area (Å²) in [6.45, 7) is 7.44. The molecule has 2 N–H and O–H groups in total. The van der Waals surface area contributed by atoms with Crippen molar-refractivity contribution in [2.24, 2.45) is 5.92 Å². The van der Waals surface area contributed by atoms with Gasteiger partial charge in [-0.3, -0.25) is 4.79 Å². The fourth-order valence-corrected chi connectivity index (χ4v) is 4.04. The lowest BCUT2D eigenvalue weighted by Crippen LogP contribution is -2.34. The van der Waals surface area contributed by atoms with Crippen LogP contribution in [0.2, 0.25) is 0 Å². The minimum Gasteiger partial charge on any atom is -0.367 e. The van der Waals surface area contributed by atoms with Crippen LogP contribution in [0.3, 0.4) is 0 Å². The van der Waals surface area contributed by atoms with E-state index in [1.807, 2.05) is 10.9 Å². The summed E-state index contributed by atoms with van der Waals surface area (Å²) in [6.07, 6.45) is 7.44. The number of amides is 1. The molecule has 1 aliphatic rings. The van der Waals surface area contributed by atoms with Crippen LogP contribution in [0.1, 0.15) is 52.9 Å². The molecule has 8 heteroatoms. The summed E-state index contributed by atoms with van der Waals surface area (Å²) in [4.78, 5) is 21.6. The highest BCUT2D eigenvalue weighted by Crippen LogP contribution is 2.25. The van der Waals surface area contributed by atoms with E-state index in [-0.39, 0.29) is 17.9 Å². The van der Waals surface area contributed by atoms with Gasteiger partial charge in [0.15, 0.2) is 10.8 Å². The third kappa shape index (κ3) is 5.12. The third-order valence-corrected chi connectivity index (χ3v) is 5.50. The lowest BCUT2D eigenvalue weighted by Gasteiger charge is -2.20. The first kappa shape index (κ1) is 19.9. The first-order valence-corrected chi connectivity index (χ1v) is 11.0. The minimum absolute atomic E-state index is 0.185. The van der Waals surface area contributed by atoms with E-state index in [2.05, 4.69) is 46.5 Å². The Balaban J connectivity index is 1.70. The average molecular weight is 391 g/mol. The second kappa shape index (κ2) is 9.39. The van der Waals surface area contributed by atoms with Crippen molar-refractivity contribution >= 4 is 34.5 Å². The molecule has 7 nitrogen and oxygen atoms in total. The molecular weight excluding hydrogens is 360 g/mol. The molecule has 0 spiro atoms. The van der Waals surface area contributed by atoms with E-state index in [4.69, 9.17) is 0 Å². The van der Waals surface area contributed by atoms with Gasteiger partial charge in [0.2, 0.25) is 5.91 Å². The van der Waals surface area contributed by atoms with Crippen molar-refractivity contribution in [1.29, 1.82) is 0 Å². The summed E-state index contributed by atoms with van der Waals surface area (Å²) in [5.41, 5.74) is 0.816. The van der Waals surface area contributed by atoms with Gasteiger partial charge in [-0.2, -0.15) is 5.10 Å². The maximum absolute atomic E-state index is 12.3. The topological polar surface area (TPSA) is 84.7 Å². The largest absolute Gasteiger partial charge is 0.367 e. The van der Waals surface area contributed by atoms with Gasteiger partial charge in [0.05, 0.1) is 18.1 Å². The molecule has 148 valence electrons. The van der Waals surface area contributed by atoms with Crippen molar-refractivity contribution in [3.8, 4) is 0 Å². The summed E-state index contributed by atoms with van der Waals surface area (Å²) in [6, 6.07) is 0.278. The zero-order valence-electron chi connectivity index (χ0n) is 16.5. The molecule has 0 atom stereocenters. The summed E-state index contributed by atoms with van der Waals surface area (Å²) < 4.78 is 1.86. The normalized spacial score (nSPS) is 15.4. The number of carbonyl (C=O) groups excluding carboxylic acids is 1. The molecule has 0 aromatic carbocycles. The van der Waals surface area contributed by atoms with Gasteiger partial charge in [-0.1, -0.05) is 37.9 Å². The molecule has 0 saturated heterocycles. The van der Waals surface area contributed by atoms with Gasteiger partial charge < -0.3 is 10.6 Å². The maximum Gasteiger partial charge on any atom is 0.223 e. The molecule has 2 aromatic rings. The summed E-state index contributed by atoms with van der Waals surface area (Å²) >= 11 is 1.62. The summed E-state index contributed by atoms with van der Waals surface area (Å²) in [7, 11) is 0. The van der Waals surface area contributed by atoms with E-state index < -0.39 is 0 Å². The van der Waals surface area contributed by atoms with E-state index in [0.717, 1.165) is 40.6 Å². The van der Waals surface area contributed by atoms with Crippen LogP contribution in [0.5, 0.6) is 0 Å². The third-order valence-electron chi connectivity index (χ3n) is 4.77. The van der Waals surface area contributed by atoms with Gasteiger partial charge in [-0.25, -0.2) is 14.6 Å². The molecule has 3 rings (SSSR count). The second-order valence-corrected chi connectivity index (χ2v) is 8.55. The zero-order chi connectivity index (χ0) is 19.2. The smallest absolute Gasteiger partial charge is 0.223 e. The number of nitrogens with zero attached hydrogens (tertiary/aromatic N) is 4. The number of fused-ring (bicyclic) bond motifs is 1. The quantitative estimate of drug-likeness (QED) is 0.530. The molecular formula is C19H30N6OS. The lowest BCUT2D eigenvalue weighted by atomic mass is 9.89. The molecule has 1 saturated carbocycles. The molecule has 1 aliphatic carbocycles. The van der Waals surface area contributed by atoms with Gasteiger partial charge in [0.1, 0.15) is 5.82 Å². The summed E-state index contributed by atoms with van der Waals surface area (Å²) in [5, 5.41) is 12.6. The minimum atomic E-state index is 0.185. The molecule has 27 heavy (non-hydrogen) atoms. The Bertz CT molecular complexity index is 769. The van der Waals surface area contributed by atoms with E-state index >= 15 is 0 Å². The van der Waals surface area contributed by atoms with Crippen LogP contribution in [0.15, 0.2) is 11.4 Å². The first-order valence-electron chi connectivity index (χ1n) is 9.99. The van der Waals surface area contributed by atoms with Gasteiger partial charge in [-0.05, 0) is 32.4 Å². The monoisotopic (exact) mass is 390 g/mol. The van der Waals surface area contributed by atoms with Crippen molar-refractivity contribution in [1.82, 2.24) is 25.1 Å². The lowest BCUT2D eigenvalue weighted by molar-refractivity contribution is -0.125. The molecule has 1 amide bonds. The average Bonchev–Trinajstić information content (AvgIpc) is 3.05. The predicted octanol–water partition coefficient (Wildman–Crippen LogP) is 3.46. The molecule has 0 unspecified atom stereocenters. The van der Waals surface area contributed by atoms with Crippen LogP contribution in [0.4, 0.5) is 5.82 Å². The number of carbonyl (C=O) groups is 1. The molecule has 1 fully saturated rings. The SMILES string of the molecule is CCSc1nc(NC(C)C)c2cnn(CCNC(=O)C3CCCCC3)c2n1. The molecule has 0 bridgehead atoms. The Morgan fingerprint density at radius 1 is 1.30 bits per heavy atom. The van der Waals surface area contributed by atoms with Gasteiger partial charge in [0.25, 0.3) is 0 Å². The van der Waals surface area contributed by atoms with Crippen molar-refractivity contribution < 1.29 is 4.79 Å². The number of anilines is 1. The van der Waals surface area contributed by atoms with Gasteiger partial charge in [-0.15, -0.1) is 0 Å². The Labute approximate surface area is 165 Å². The van der Waals surface area contributed by atoms with Crippen molar-refractivity contribution in [2.45, 2.75) is 70.6 Å². The predicted molar refractivity (Wildman–Crippen MR) is 110 cm³/mol. The number of aromatic nitrogens is 4. The fraction of sp³-hybridized carbons (Fsp3) is 0.684. The fourth-order valence-electron chi connectivity index (χ4n) is 3.47. The Morgan fingerprint density at radius 2 is 2.07 bits per heavy atom. The van der Waals surface area contributed by atoms with E-state index in [9.17, 15) is 4.79 Å². The highest BCUT2D eigenvalue weighted by Gasteiger charge is 2.20. The first-order chi connectivity index (χ1) is 13.1. The number of rotatable bonds is 8. The van der Waals surface area contributed by atoms with Crippen LogP contribution in [-0.2, 0) is 11.3 Å². The van der Waals surface area contributed by atoms with E-state index in [0.29, 0.717) is 13.1 Å². The number of hydrogen-bond acceptors (Lipinski definition) is 6. The molecule has 0 radical (unpaired) electrons. The van der Waals surface area contributed by atoms with Crippen LogP contribution in [0, 0.1) is 5.92 Å². The Morgan fingerprint density at radius 3 is 2.78 bits per heavy atom. The number of nitrogens with one attached hydrogen (secondary N) is 2.